The van der Waals surface area contributed by atoms with E-state index < -0.39 is 0 Å². The van der Waals surface area contributed by atoms with Crippen LogP contribution in [0.5, 0.6) is 5.75 Å². The van der Waals surface area contributed by atoms with Crippen molar-refractivity contribution in [2.45, 2.75) is 23.3 Å². The van der Waals surface area contributed by atoms with Crippen LogP contribution in [0.15, 0.2) is 28.6 Å². The fourth-order valence-corrected chi connectivity index (χ4v) is 4.04. The number of aromatic nitrogens is 2. The van der Waals surface area contributed by atoms with Gasteiger partial charge in [-0.05, 0) is 31.0 Å². The Bertz CT molecular complexity index is 793. The van der Waals surface area contributed by atoms with Gasteiger partial charge in [-0.15, -0.1) is 10.2 Å². The number of hydrogen-bond acceptors (Lipinski definition) is 8. The monoisotopic (exact) mass is 408 g/mol. The molecule has 0 saturated carbocycles. The number of methoxy groups -OCH3 is 1. The molecule has 1 aliphatic heterocycles. The normalized spacial score (nSPS) is 16.1. The topological polar surface area (TPSA) is 102 Å². The van der Waals surface area contributed by atoms with Crippen LogP contribution < -0.4 is 15.4 Å². The Morgan fingerprint density at radius 2 is 2.30 bits per heavy atom. The summed E-state index contributed by atoms with van der Waals surface area (Å²) in [5, 5.41) is 13.9. The third-order valence-corrected chi connectivity index (χ3v) is 5.81. The van der Waals surface area contributed by atoms with E-state index in [1.165, 1.54) is 23.1 Å². The second-order valence-electron chi connectivity index (χ2n) is 5.79. The van der Waals surface area contributed by atoms with Gasteiger partial charge >= 0.3 is 0 Å². The standard InChI is InChI=1S/C17H20N4O4S2/c1-24-12-5-2-4-11(8-12)15(23)19-16-20-21-17(27-16)26-10-14(22)18-9-13-6-3-7-25-13/h2,4-5,8,13H,3,6-7,9-10H2,1H3,(H,18,22)(H,19,20,23)/t13-/m1/s1. The summed E-state index contributed by atoms with van der Waals surface area (Å²) < 4.78 is 11.2. The molecular weight excluding hydrogens is 388 g/mol. The number of carbonyl (C=O) groups is 2. The second-order valence-corrected chi connectivity index (χ2v) is 7.99. The third kappa shape index (κ3) is 5.91. The van der Waals surface area contributed by atoms with Crippen LogP contribution in [0.4, 0.5) is 5.13 Å². The summed E-state index contributed by atoms with van der Waals surface area (Å²) in [6.45, 7) is 1.31. The Morgan fingerprint density at radius 3 is 3.07 bits per heavy atom. The zero-order valence-electron chi connectivity index (χ0n) is 14.8. The molecule has 2 amide bonds. The average molecular weight is 409 g/mol. The Morgan fingerprint density at radius 1 is 1.41 bits per heavy atom. The Hall–Kier alpha value is -2.17. The number of rotatable bonds is 8. The lowest BCUT2D eigenvalue weighted by molar-refractivity contribution is -0.119. The van der Waals surface area contributed by atoms with E-state index >= 15 is 0 Å². The molecule has 0 radical (unpaired) electrons. The number of nitrogens with one attached hydrogen (secondary N) is 2. The van der Waals surface area contributed by atoms with Gasteiger partial charge in [0.05, 0.1) is 19.0 Å². The predicted octanol–water partition coefficient (Wildman–Crippen LogP) is 2.19. The van der Waals surface area contributed by atoms with E-state index in [1.54, 1.807) is 31.4 Å². The first-order valence-electron chi connectivity index (χ1n) is 8.44. The number of ether oxygens (including phenoxy) is 2. The minimum atomic E-state index is -0.295. The van der Waals surface area contributed by atoms with Crippen molar-refractivity contribution in [2.24, 2.45) is 0 Å². The van der Waals surface area contributed by atoms with Crippen LogP contribution in [0.2, 0.25) is 0 Å². The van der Waals surface area contributed by atoms with Gasteiger partial charge in [-0.2, -0.15) is 0 Å². The molecule has 10 heteroatoms. The SMILES string of the molecule is COc1cccc(C(=O)Nc2nnc(SCC(=O)NC[C@H]3CCCO3)s2)c1. The lowest BCUT2D eigenvalue weighted by Gasteiger charge is -2.09. The molecule has 1 atom stereocenters. The van der Waals surface area contributed by atoms with Crippen LogP contribution in [-0.2, 0) is 9.53 Å². The highest BCUT2D eigenvalue weighted by molar-refractivity contribution is 8.01. The summed E-state index contributed by atoms with van der Waals surface area (Å²) in [5.74, 6) is 0.472. The van der Waals surface area contributed by atoms with Crippen LogP contribution in [0.25, 0.3) is 0 Å². The molecule has 2 N–H and O–H groups in total. The minimum absolute atomic E-state index is 0.0762. The largest absolute Gasteiger partial charge is 0.497 e. The van der Waals surface area contributed by atoms with Crippen LogP contribution in [-0.4, -0.2) is 54.1 Å². The van der Waals surface area contributed by atoms with E-state index in [0.29, 0.717) is 27.3 Å². The Balaban J connectivity index is 1.44. The summed E-state index contributed by atoms with van der Waals surface area (Å²) in [7, 11) is 1.54. The maximum atomic E-state index is 12.3. The first kappa shape index (κ1) is 19.6. The quantitative estimate of drug-likeness (QED) is 0.510. The van der Waals surface area contributed by atoms with Gasteiger partial charge in [-0.25, -0.2) is 0 Å². The zero-order chi connectivity index (χ0) is 19.1. The number of hydrogen-bond donors (Lipinski definition) is 2. The summed E-state index contributed by atoms with van der Waals surface area (Å²) in [5.41, 5.74) is 0.465. The molecule has 1 aliphatic rings. The van der Waals surface area contributed by atoms with Crippen molar-refractivity contribution in [1.82, 2.24) is 15.5 Å². The van der Waals surface area contributed by atoms with Crippen molar-refractivity contribution >= 4 is 40.0 Å². The smallest absolute Gasteiger partial charge is 0.257 e. The van der Waals surface area contributed by atoms with Crippen LogP contribution in [0, 0.1) is 0 Å². The molecule has 27 heavy (non-hydrogen) atoms. The number of carbonyl (C=O) groups excluding carboxylic acids is 2. The van der Waals surface area contributed by atoms with Gasteiger partial charge in [0, 0.05) is 18.7 Å². The lowest BCUT2D eigenvalue weighted by Crippen LogP contribution is -2.32. The second kappa shape index (κ2) is 9.67. The molecular formula is C17H20N4O4S2. The van der Waals surface area contributed by atoms with Gasteiger partial charge in [-0.3, -0.25) is 14.9 Å². The molecule has 0 aliphatic carbocycles. The van der Waals surface area contributed by atoms with E-state index in [9.17, 15) is 9.59 Å². The molecule has 0 spiro atoms. The summed E-state index contributed by atoms with van der Waals surface area (Å²) >= 11 is 2.51. The molecule has 1 aromatic carbocycles. The van der Waals surface area contributed by atoms with Crippen molar-refractivity contribution in [3.05, 3.63) is 29.8 Å². The highest BCUT2D eigenvalue weighted by Gasteiger charge is 2.17. The number of nitrogens with zero attached hydrogens (tertiary/aromatic N) is 2. The number of thioether (sulfide) groups is 1. The predicted molar refractivity (Wildman–Crippen MR) is 104 cm³/mol. The van der Waals surface area contributed by atoms with Crippen LogP contribution in [0.3, 0.4) is 0 Å². The van der Waals surface area contributed by atoms with E-state index in [0.717, 1.165) is 19.4 Å². The first-order valence-corrected chi connectivity index (χ1v) is 10.2. The van der Waals surface area contributed by atoms with Gasteiger partial charge in [0.25, 0.3) is 5.91 Å². The fourth-order valence-electron chi connectivity index (χ4n) is 2.46. The highest BCUT2D eigenvalue weighted by Crippen LogP contribution is 2.26. The van der Waals surface area contributed by atoms with Crippen molar-refractivity contribution in [3.63, 3.8) is 0 Å². The van der Waals surface area contributed by atoms with E-state index in [-0.39, 0.29) is 23.7 Å². The number of benzene rings is 1. The maximum absolute atomic E-state index is 12.3. The van der Waals surface area contributed by atoms with Gasteiger partial charge in [-0.1, -0.05) is 29.2 Å². The molecule has 2 heterocycles. The number of amides is 2. The first-order chi connectivity index (χ1) is 13.1. The maximum Gasteiger partial charge on any atom is 0.257 e. The fraction of sp³-hybridized carbons (Fsp3) is 0.412. The van der Waals surface area contributed by atoms with Crippen molar-refractivity contribution in [3.8, 4) is 5.75 Å². The van der Waals surface area contributed by atoms with E-state index in [1.807, 2.05) is 0 Å². The van der Waals surface area contributed by atoms with Crippen LogP contribution in [0.1, 0.15) is 23.2 Å². The summed E-state index contributed by atoms with van der Waals surface area (Å²) in [6, 6.07) is 6.84. The zero-order valence-corrected chi connectivity index (χ0v) is 16.4. The van der Waals surface area contributed by atoms with E-state index in [4.69, 9.17) is 9.47 Å². The Kier molecular flexibility index (Phi) is 7.02. The molecule has 1 aromatic heterocycles. The van der Waals surface area contributed by atoms with Gasteiger partial charge in [0.2, 0.25) is 11.0 Å². The van der Waals surface area contributed by atoms with E-state index in [2.05, 4.69) is 20.8 Å². The highest BCUT2D eigenvalue weighted by atomic mass is 32.2. The van der Waals surface area contributed by atoms with Gasteiger partial charge in [0.1, 0.15) is 5.75 Å². The van der Waals surface area contributed by atoms with Crippen molar-refractivity contribution < 1.29 is 19.1 Å². The van der Waals surface area contributed by atoms with Crippen molar-refractivity contribution in [2.75, 3.05) is 31.3 Å². The molecule has 0 bridgehead atoms. The summed E-state index contributed by atoms with van der Waals surface area (Å²) in [4.78, 5) is 24.1. The summed E-state index contributed by atoms with van der Waals surface area (Å²) in [6.07, 6.45) is 2.16. The molecule has 1 saturated heterocycles. The van der Waals surface area contributed by atoms with Crippen LogP contribution >= 0.6 is 23.1 Å². The van der Waals surface area contributed by atoms with Gasteiger partial charge < -0.3 is 14.8 Å². The van der Waals surface area contributed by atoms with Crippen molar-refractivity contribution in [1.29, 1.82) is 0 Å². The molecule has 144 valence electrons. The molecule has 0 unspecified atom stereocenters. The average Bonchev–Trinajstić information content (AvgIpc) is 3.36. The third-order valence-electron chi connectivity index (χ3n) is 3.84. The number of anilines is 1. The van der Waals surface area contributed by atoms with Gasteiger partial charge in [0.15, 0.2) is 4.34 Å². The lowest BCUT2D eigenvalue weighted by atomic mass is 10.2. The molecule has 8 nitrogen and oxygen atoms in total. The Labute approximate surface area is 165 Å². The minimum Gasteiger partial charge on any atom is -0.497 e. The molecule has 2 aromatic rings. The molecule has 3 rings (SSSR count). The molecule has 1 fully saturated rings.